The minimum atomic E-state index is 0.231. The van der Waals surface area contributed by atoms with E-state index in [0.717, 1.165) is 37.1 Å². The molecule has 1 atom stereocenters. The van der Waals surface area contributed by atoms with Gasteiger partial charge in [0.1, 0.15) is 5.75 Å². The van der Waals surface area contributed by atoms with Crippen LogP contribution in [0.4, 0.5) is 5.69 Å². The fourth-order valence-electron chi connectivity index (χ4n) is 2.60. The first-order valence-corrected chi connectivity index (χ1v) is 8.52. The lowest BCUT2D eigenvalue weighted by Crippen LogP contribution is -2.19. The number of aliphatic hydroxyl groups excluding tert-OH is 1. The molecule has 0 aliphatic rings. The number of ether oxygens (including phenoxy) is 1. The van der Waals surface area contributed by atoms with Crippen LogP contribution in [0, 0.1) is 0 Å². The summed E-state index contributed by atoms with van der Waals surface area (Å²) in [6, 6.07) is 18.7. The first-order valence-electron chi connectivity index (χ1n) is 8.52. The van der Waals surface area contributed by atoms with Gasteiger partial charge in [0.2, 0.25) is 0 Å². The Morgan fingerprint density at radius 2 is 1.79 bits per heavy atom. The summed E-state index contributed by atoms with van der Waals surface area (Å²) in [5.74, 6) is 0.857. The van der Waals surface area contributed by atoms with E-state index in [9.17, 15) is 0 Å². The van der Waals surface area contributed by atoms with E-state index >= 15 is 0 Å². The molecule has 1 unspecified atom stereocenters. The summed E-state index contributed by atoms with van der Waals surface area (Å²) in [5, 5.41) is 12.7. The molecule has 0 saturated carbocycles. The predicted octanol–water partition coefficient (Wildman–Crippen LogP) is 4.44. The molecular formula is C21H27NO2. The third-order valence-electron chi connectivity index (χ3n) is 3.96. The quantitative estimate of drug-likeness (QED) is 0.635. The Kier molecular flexibility index (Phi) is 7.91. The van der Waals surface area contributed by atoms with Crippen LogP contribution < -0.4 is 10.1 Å². The van der Waals surface area contributed by atoms with Crippen molar-refractivity contribution < 1.29 is 9.84 Å². The highest BCUT2D eigenvalue weighted by Crippen LogP contribution is 2.18. The van der Waals surface area contributed by atoms with Gasteiger partial charge in [-0.3, -0.25) is 0 Å². The number of allylic oxidation sites excluding steroid dienone is 1. The zero-order chi connectivity index (χ0) is 17.0. The van der Waals surface area contributed by atoms with E-state index in [-0.39, 0.29) is 6.61 Å². The molecule has 3 heteroatoms. The summed E-state index contributed by atoms with van der Waals surface area (Å²) >= 11 is 0. The van der Waals surface area contributed by atoms with Crippen LogP contribution in [-0.4, -0.2) is 24.9 Å². The number of methoxy groups -OCH3 is 1. The maximum absolute atomic E-state index is 9.11. The van der Waals surface area contributed by atoms with Crippen LogP contribution in [0.25, 0.3) is 0 Å². The normalized spacial score (nSPS) is 12.2. The third kappa shape index (κ3) is 6.47. The number of hydrogen-bond donors (Lipinski definition) is 2. The molecule has 0 saturated heterocycles. The van der Waals surface area contributed by atoms with Gasteiger partial charge in [-0.15, -0.1) is 0 Å². The Bertz CT molecular complexity index is 593. The lowest BCUT2D eigenvalue weighted by atomic mass is 10.1. The van der Waals surface area contributed by atoms with E-state index in [1.165, 1.54) is 5.56 Å². The molecule has 0 heterocycles. The van der Waals surface area contributed by atoms with E-state index in [4.69, 9.17) is 9.84 Å². The van der Waals surface area contributed by atoms with Crippen LogP contribution >= 0.6 is 0 Å². The lowest BCUT2D eigenvalue weighted by Gasteiger charge is -2.18. The molecule has 0 amide bonds. The topological polar surface area (TPSA) is 41.5 Å². The summed E-state index contributed by atoms with van der Waals surface area (Å²) in [7, 11) is 1.67. The molecule has 0 fully saturated rings. The van der Waals surface area contributed by atoms with E-state index in [1.54, 1.807) is 7.11 Å². The summed E-state index contributed by atoms with van der Waals surface area (Å²) in [6.45, 7) is 0.231. The SMILES string of the molecule is COc1ccc(NC(C/C=C/Cc2ccccc2)CCCO)cc1. The number of aliphatic hydroxyl groups is 1. The van der Waals surface area contributed by atoms with Crippen molar-refractivity contribution >= 4 is 5.69 Å². The van der Waals surface area contributed by atoms with E-state index in [2.05, 4.69) is 41.7 Å². The first-order chi connectivity index (χ1) is 11.8. The van der Waals surface area contributed by atoms with Crippen LogP contribution in [0.2, 0.25) is 0 Å². The van der Waals surface area contributed by atoms with Crippen molar-refractivity contribution in [1.29, 1.82) is 0 Å². The maximum atomic E-state index is 9.11. The molecule has 0 radical (unpaired) electrons. The molecule has 0 bridgehead atoms. The molecule has 2 aromatic rings. The molecule has 2 rings (SSSR count). The van der Waals surface area contributed by atoms with Gasteiger partial charge in [-0.05, 0) is 55.5 Å². The highest BCUT2D eigenvalue weighted by molar-refractivity contribution is 5.47. The van der Waals surface area contributed by atoms with Gasteiger partial charge in [-0.25, -0.2) is 0 Å². The van der Waals surface area contributed by atoms with Gasteiger partial charge in [-0.2, -0.15) is 0 Å². The number of hydrogen-bond acceptors (Lipinski definition) is 3. The fraction of sp³-hybridized carbons (Fsp3) is 0.333. The molecule has 0 spiro atoms. The Labute approximate surface area is 145 Å². The van der Waals surface area contributed by atoms with Crippen molar-refractivity contribution in [3.63, 3.8) is 0 Å². The van der Waals surface area contributed by atoms with Gasteiger partial charge in [0.25, 0.3) is 0 Å². The zero-order valence-electron chi connectivity index (χ0n) is 14.3. The molecule has 0 aliphatic heterocycles. The van der Waals surface area contributed by atoms with Crippen molar-refractivity contribution in [2.75, 3.05) is 19.0 Å². The van der Waals surface area contributed by atoms with Crippen molar-refractivity contribution in [2.24, 2.45) is 0 Å². The Morgan fingerprint density at radius 1 is 1.04 bits per heavy atom. The average Bonchev–Trinajstić information content (AvgIpc) is 2.64. The third-order valence-corrected chi connectivity index (χ3v) is 3.96. The van der Waals surface area contributed by atoms with Crippen LogP contribution in [-0.2, 0) is 6.42 Å². The highest BCUT2D eigenvalue weighted by Gasteiger charge is 2.06. The maximum Gasteiger partial charge on any atom is 0.119 e. The minimum Gasteiger partial charge on any atom is -0.497 e. The molecule has 2 aromatic carbocycles. The molecule has 0 aromatic heterocycles. The van der Waals surface area contributed by atoms with Crippen molar-refractivity contribution in [1.82, 2.24) is 0 Å². The van der Waals surface area contributed by atoms with Crippen molar-refractivity contribution in [3.8, 4) is 5.75 Å². The molecule has 128 valence electrons. The van der Waals surface area contributed by atoms with Gasteiger partial charge < -0.3 is 15.2 Å². The predicted molar refractivity (Wildman–Crippen MR) is 101 cm³/mol. The largest absolute Gasteiger partial charge is 0.497 e. The minimum absolute atomic E-state index is 0.231. The van der Waals surface area contributed by atoms with Gasteiger partial charge in [0.15, 0.2) is 0 Å². The fourth-order valence-corrected chi connectivity index (χ4v) is 2.60. The van der Waals surface area contributed by atoms with Gasteiger partial charge in [0.05, 0.1) is 7.11 Å². The Morgan fingerprint density at radius 3 is 2.46 bits per heavy atom. The number of anilines is 1. The number of rotatable bonds is 10. The van der Waals surface area contributed by atoms with Gasteiger partial charge in [-0.1, -0.05) is 42.5 Å². The first kappa shape index (κ1) is 18.1. The lowest BCUT2D eigenvalue weighted by molar-refractivity contribution is 0.281. The molecule has 3 nitrogen and oxygen atoms in total. The second kappa shape index (κ2) is 10.5. The Hall–Kier alpha value is -2.26. The van der Waals surface area contributed by atoms with E-state index in [0.29, 0.717) is 6.04 Å². The highest BCUT2D eigenvalue weighted by atomic mass is 16.5. The van der Waals surface area contributed by atoms with Crippen LogP contribution in [0.5, 0.6) is 5.75 Å². The number of benzene rings is 2. The van der Waals surface area contributed by atoms with Crippen LogP contribution in [0.3, 0.4) is 0 Å². The molecule has 2 N–H and O–H groups in total. The monoisotopic (exact) mass is 325 g/mol. The van der Waals surface area contributed by atoms with Gasteiger partial charge >= 0.3 is 0 Å². The average molecular weight is 325 g/mol. The second-order valence-corrected chi connectivity index (χ2v) is 5.83. The summed E-state index contributed by atoms with van der Waals surface area (Å²) in [6.07, 6.45) is 8.09. The van der Waals surface area contributed by atoms with E-state index < -0.39 is 0 Å². The molecule has 24 heavy (non-hydrogen) atoms. The van der Waals surface area contributed by atoms with Crippen LogP contribution in [0.15, 0.2) is 66.7 Å². The standard InChI is InChI=1S/C21H27NO2/c1-24-21-15-13-20(14-16-21)22-19(12-7-17-23)11-6-5-10-18-8-3-2-4-9-18/h2-6,8-9,13-16,19,22-23H,7,10-12,17H2,1H3/b6-5+. The van der Waals surface area contributed by atoms with Crippen molar-refractivity contribution in [2.45, 2.75) is 31.7 Å². The van der Waals surface area contributed by atoms with Crippen LogP contribution in [0.1, 0.15) is 24.8 Å². The summed E-state index contributed by atoms with van der Waals surface area (Å²) < 4.78 is 5.19. The van der Waals surface area contributed by atoms with Gasteiger partial charge in [0, 0.05) is 18.3 Å². The molecular weight excluding hydrogens is 298 g/mol. The molecule has 0 aliphatic carbocycles. The van der Waals surface area contributed by atoms with E-state index in [1.807, 2.05) is 30.3 Å². The second-order valence-electron chi connectivity index (χ2n) is 5.83. The summed E-state index contributed by atoms with van der Waals surface area (Å²) in [5.41, 5.74) is 2.40. The number of nitrogens with one attached hydrogen (secondary N) is 1. The summed E-state index contributed by atoms with van der Waals surface area (Å²) in [4.78, 5) is 0. The van der Waals surface area contributed by atoms with Crippen molar-refractivity contribution in [3.05, 3.63) is 72.3 Å². The smallest absolute Gasteiger partial charge is 0.119 e. The zero-order valence-corrected chi connectivity index (χ0v) is 14.3. The Balaban J connectivity index is 1.87.